The molecule has 19 heavy (non-hydrogen) atoms. The summed E-state index contributed by atoms with van der Waals surface area (Å²) < 4.78 is 23.9. The molecule has 0 spiro atoms. The Bertz CT molecular complexity index is 532. The summed E-state index contributed by atoms with van der Waals surface area (Å²) in [4.78, 5) is 11.4. The summed E-state index contributed by atoms with van der Waals surface area (Å²) in [5.41, 5.74) is -0.615. The molecule has 2 rings (SSSR count). The topological polar surface area (TPSA) is 59.3 Å². The predicted molar refractivity (Wildman–Crippen MR) is 65.0 cm³/mol. The number of nitrogens with zero attached hydrogens (tertiary/aromatic N) is 1. The first kappa shape index (κ1) is 13.3. The Morgan fingerprint density at radius 1 is 1.53 bits per heavy atom. The van der Waals surface area contributed by atoms with E-state index in [0.717, 1.165) is 19.3 Å². The molecule has 0 N–H and O–H groups in total. The average molecular weight is 263 g/mol. The molecule has 0 aliphatic heterocycles. The van der Waals surface area contributed by atoms with Crippen molar-refractivity contribution in [1.29, 1.82) is 5.26 Å². The van der Waals surface area contributed by atoms with Crippen LogP contribution in [0.5, 0.6) is 5.75 Å². The Balaban J connectivity index is 2.13. The molecule has 0 saturated heterocycles. The zero-order chi connectivity index (χ0) is 13.9. The van der Waals surface area contributed by atoms with Crippen LogP contribution in [-0.4, -0.2) is 18.7 Å². The number of benzene rings is 1. The van der Waals surface area contributed by atoms with Gasteiger partial charge in [-0.2, -0.15) is 5.26 Å². The molecule has 0 heterocycles. The molecular formula is C14H14FNO3. The number of esters is 1. The van der Waals surface area contributed by atoms with Crippen molar-refractivity contribution in [2.24, 2.45) is 0 Å². The molecule has 1 saturated carbocycles. The van der Waals surface area contributed by atoms with Crippen LogP contribution in [0.1, 0.15) is 31.2 Å². The van der Waals surface area contributed by atoms with Crippen molar-refractivity contribution in [1.82, 2.24) is 0 Å². The van der Waals surface area contributed by atoms with Crippen LogP contribution >= 0.6 is 0 Å². The lowest BCUT2D eigenvalue weighted by atomic mass is 9.77. The zero-order valence-electron chi connectivity index (χ0n) is 10.6. The van der Waals surface area contributed by atoms with E-state index in [1.54, 1.807) is 12.1 Å². The minimum Gasteiger partial charge on any atom is -0.487 e. The molecule has 0 aromatic heterocycles. The van der Waals surface area contributed by atoms with Gasteiger partial charge in [-0.1, -0.05) is 0 Å². The molecule has 1 aliphatic rings. The molecule has 0 unspecified atom stereocenters. The third-order valence-electron chi connectivity index (χ3n) is 3.35. The monoisotopic (exact) mass is 263 g/mol. The Morgan fingerprint density at radius 3 is 2.74 bits per heavy atom. The van der Waals surface area contributed by atoms with Crippen molar-refractivity contribution in [2.45, 2.75) is 31.3 Å². The SMILES string of the molecule is COC(=O)CC1(Oc2ccc(C#N)c(F)c2)CCC1. The van der Waals surface area contributed by atoms with Crippen molar-refractivity contribution in [3.05, 3.63) is 29.6 Å². The third-order valence-corrected chi connectivity index (χ3v) is 3.35. The highest BCUT2D eigenvalue weighted by Gasteiger charge is 2.42. The quantitative estimate of drug-likeness (QED) is 0.783. The highest BCUT2D eigenvalue weighted by Crippen LogP contribution is 2.39. The van der Waals surface area contributed by atoms with Crippen molar-refractivity contribution >= 4 is 5.97 Å². The summed E-state index contributed by atoms with van der Waals surface area (Å²) in [7, 11) is 1.33. The molecule has 4 nitrogen and oxygen atoms in total. The van der Waals surface area contributed by atoms with Crippen LogP contribution in [0.25, 0.3) is 0 Å². The van der Waals surface area contributed by atoms with Gasteiger partial charge >= 0.3 is 5.97 Å². The van der Waals surface area contributed by atoms with Gasteiger partial charge in [0, 0.05) is 6.07 Å². The lowest BCUT2D eigenvalue weighted by molar-refractivity contribution is -0.148. The first-order valence-corrected chi connectivity index (χ1v) is 6.04. The van der Waals surface area contributed by atoms with Crippen LogP contribution in [0, 0.1) is 17.1 Å². The van der Waals surface area contributed by atoms with Gasteiger partial charge in [0.2, 0.25) is 0 Å². The van der Waals surface area contributed by atoms with Crippen LogP contribution in [0.4, 0.5) is 4.39 Å². The maximum Gasteiger partial charge on any atom is 0.309 e. The minimum atomic E-state index is -0.618. The highest BCUT2D eigenvalue weighted by atomic mass is 19.1. The van der Waals surface area contributed by atoms with Gasteiger partial charge in [-0.3, -0.25) is 4.79 Å². The second-order valence-corrected chi connectivity index (χ2v) is 4.64. The van der Waals surface area contributed by atoms with Gasteiger partial charge in [-0.05, 0) is 31.4 Å². The van der Waals surface area contributed by atoms with E-state index in [0.29, 0.717) is 5.75 Å². The Labute approximate surface area is 110 Å². The minimum absolute atomic E-state index is 0.0250. The Morgan fingerprint density at radius 2 is 2.26 bits per heavy atom. The maximum absolute atomic E-state index is 13.5. The number of carbonyl (C=O) groups excluding carboxylic acids is 1. The normalized spacial score (nSPS) is 16.1. The summed E-state index contributed by atoms with van der Waals surface area (Å²) in [6, 6.07) is 5.84. The smallest absolute Gasteiger partial charge is 0.309 e. The van der Waals surface area contributed by atoms with Crippen LogP contribution in [0.2, 0.25) is 0 Å². The second kappa shape index (κ2) is 5.27. The molecule has 5 heteroatoms. The van der Waals surface area contributed by atoms with Gasteiger partial charge in [-0.15, -0.1) is 0 Å². The molecule has 0 atom stereocenters. The van der Waals surface area contributed by atoms with Gasteiger partial charge in [0.25, 0.3) is 0 Å². The van der Waals surface area contributed by atoms with Crippen molar-refractivity contribution < 1.29 is 18.7 Å². The number of rotatable bonds is 4. The molecule has 1 aliphatic carbocycles. The van der Waals surface area contributed by atoms with Gasteiger partial charge in [0.15, 0.2) is 0 Å². The fourth-order valence-electron chi connectivity index (χ4n) is 2.12. The van der Waals surface area contributed by atoms with Gasteiger partial charge in [0.05, 0.1) is 19.1 Å². The van der Waals surface area contributed by atoms with Crippen LogP contribution in [0.15, 0.2) is 18.2 Å². The molecule has 1 aromatic carbocycles. The van der Waals surface area contributed by atoms with E-state index in [1.807, 2.05) is 0 Å². The van der Waals surface area contributed by atoms with E-state index < -0.39 is 11.4 Å². The lowest BCUT2D eigenvalue weighted by Crippen LogP contribution is -2.45. The van der Waals surface area contributed by atoms with E-state index in [4.69, 9.17) is 10.00 Å². The maximum atomic E-state index is 13.5. The number of methoxy groups -OCH3 is 1. The Hall–Kier alpha value is -2.09. The zero-order valence-corrected chi connectivity index (χ0v) is 10.6. The third kappa shape index (κ3) is 2.84. The fraction of sp³-hybridized carbons (Fsp3) is 0.429. The molecular weight excluding hydrogens is 249 g/mol. The number of ether oxygens (including phenoxy) is 2. The summed E-state index contributed by atoms with van der Waals surface area (Å²) in [6.45, 7) is 0. The van der Waals surface area contributed by atoms with E-state index >= 15 is 0 Å². The number of hydrogen-bond donors (Lipinski definition) is 0. The van der Waals surface area contributed by atoms with Crippen molar-refractivity contribution in [3.63, 3.8) is 0 Å². The van der Waals surface area contributed by atoms with Gasteiger partial charge in [0.1, 0.15) is 23.2 Å². The van der Waals surface area contributed by atoms with Gasteiger partial charge in [-0.25, -0.2) is 4.39 Å². The standard InChI is InChI=1S/C14H14FNO3/c1-18-13(17)8-14(5-2-6-14)19-11-4-3-10(9-16)12(15)7-11/h3-4,7H,2,5-6,8H2,1H3. The molecule has 0 amide bonds. The van der Waals surface area contributed by atoms with Crippen LogP contribution in [-0.2, 0) is 9.53 Å². The van der Waals surface area contributed by atoms with Crippen LogP contribution < -0.4 is 4.74 Å². The highest BCUT2D eigenvalue weighted by molar-refractivity contribution is 5.70. The molecule has 100 valence electrons. The summed E-state index contributed by atoms with van der Waals surface area (Å²) in [6.07, 6.45) is 2.61. The molecule has 0 radical (unpaired) electrons. The predicted octanol–water partition coefficient (Wildman–Crippen LogP) is 2.56. The molecule has 1 aromatic rings. The number of hydrogen-bond acceptors (Lipinski definition) is 4. The molecule has 0 bridgehead atoms. The average Bonchev–Trinajstić information content (AvgIpc) is 2.36. The first-order valence-electron chi connectivity index (χ1n) is 6.04. The largest absolute Gasteiger partial charge is 0.487 e. The van der Waals surface area contributed by atoms with Crippen molar-refractivity contribution in [3.8, 4) is 11.8 Å². The van der Waals surface area contributed by atoms with E-state index in [2.05, 4.69) is 4.74 Å². The van der Waals surface area contributed by atoms with E-state index in [-0.39, 0.29) is 18.0 Å². The van der Waals surface area contributed by atoms with Crippen LogP contribution in [0.3, 0.4) is 0 Å². The van der Waals surface area contributed by atoms with Gasteiger partial charge < -0.3 is 9.47 Å². The summed E-state index contributed by atoms with van der Waals surface area (Å²) >= 11 is 0. The lowest BCUT2D eigenvalue weighted by Gasteiger charge is -2.41. The van der Waals surface area contributed by atoms with Crippen molar-refractivity contribution in [2.75, 3.05) is 7.11 Å². The first-order chi connectivity index (χ1) is 9.08. The van der Waals surface area contributed by atoms with E-state index in [1.165, 1.54) is 19.2 Å². The molecule has 1 fully saturated rings. The fourth-order valence-corrected chi connectivity index (χ4v) is 2.12. The number of carbonyl (C=O) groups is 1. The Kier molecular flexibility index (Phi) is 3.70. The van der Waals surface area contributed by atoms with E-state index in [9.17, 15) is 9.18 Å². The summed E-state index contributed by atoms with van der Waals surface area (Å²) in [5, 5.41) is 8.66. The number of halogens is 1. The second-order valence-electron chi connectivity index (χ2n) is 4.64. The summed E-state index contributed by atoms with van der Waals surface area (Å²) in [5.74, 6) is -0.624. The number of nitriles is 1.